The van der Waals surface area contributed by atoms with Crippen LogP contribution in [0.5, 0.6) is 0 Å². The van der Waals surface area contributed by atoms with Crippen LogP contribution in [0.1, 0.15) is 74.3 Å². The van der Waals surface area contributed by atoms with Crippen LogP contribution in [0, 0.1) is 11.8 Å². The van der Waals surface area contributed by atoms with Crippen molar-refractivity contribution in [3.8, 4) is 0 Å². The molecule has 3 aromatic rings. The van der Waals surface area contributed by atoms with Gasteiger partial charge >= 0.3 is 0 Å². The predicted molar refractivity (Wildman–Crippen MR) is 162 cm³/mol. The van der Waals surface area contributed by atoms with E-state index in [4.69, 9.17) is 22.8 Å². The number of nitrogens with two attached hydrogens (primary N) is 2. The van der Waals surface area contributed by atoms with Gasteiger partial charge in [0.2, 0.25) is 11.8 Å². The van der Waals surface area contributed by atoms with Crippen LogP contribution in [0.25, 0.3) is 46.4 Å². The Balaban J connectivity index is 1.80. The van der Waals surface area contributed by atoms with Crippen LogP contribution in [0.3, 0.4) is 0 Å². The van der Waals surface area contributed by atoms with Crippen molar-refractivity contribution in [3.63, 3.8) is 0 Å². The summed E-state index contributed by atoms with van der Waals surface area (Å²) in [6.07, 6.45) is 8.42. The lowest BCUT2D eigenvalue weighted by molar-refractivity contribution is 0.0871. The summed E-state index contributed by atoms with van der Waals surface area (Å²) in [6.45, 7) is 8.12. The number of nitrogens with zero attached hydrogens (tertiary/aromatic N) is 4. The van der Waals surface area contributed by atoms with Gasteiger partial charge in [0.15, 0.2) is 0 Å². The maximum atomic E-state index is 13.6. The largest absolute Gasteiger partial charge is 0.320 e. The molecule has 40 heavy (non-hydrogen) atoms. The number of carbonyl (C=O) groups is 2. The summed E-state index contributed by atoms with van der Waals surface area (Å²) in [5.74, 6) is 0.0260. The molecule has 0 amide bonds. The van der Waals surface area contributed by atoms with Gasteiger partial charge in [-0.3, -0.25) is 18.7 Å². The average Bonchev–Trinajstić information content (AvgIpc) is 3.67. The summed E-state index contributed by atoms with van der Waals surface area (Å²) in [7, 11) is 0. The molecule has 2 atom stereocenters. The molecule has 0 spiro atoms. The van der Waals surface area contributed by atoms with Gasteiger partial charge in [-0.25, -0.2) is 9.97 Å². The van der Waals surface area contributed by atoms with Crippen LogP contribution in [0.2, 0.25) is 0 Å². The molecule has 5 heterocycles. The van der Waals surface area contributed by atoms with Crippen LogP contribution < -0.4 is 11.5 Å². The zero-order valence-electron chi connectivity index (χ0n) is 24.3. The molecule has 8 nitrogen and oxygen atoms in total. The summed E-state index contributed by atoms with van der Waals surface area (Å²) < 4.78 is 11.8. The molecule has 0 saturated carbocycles. The SMILES string of the molecule is [2H]c1cc2cc3nc(cc4ccc(cc5nc(cc1n2C(=O)[C@@H](N)CC(C)C)C=C5)n4C(=O)[C@@H](N)CC(C)C)C=C3. The quantitative estimate of drug-likeness (QED) is 0.289. The highest BCUT2D eigenvalue weighted by Crippen LogP contribution is 2.22. The van der Waals surface area contributed by atoms with E-state index in [0.717, 1.165) is 0 Å². The number of aromatic nitrogens is 4. The smallest absolute Gasteiger partial charge is 0.248 e. The molecule has 206 valence electrons. The lowest BCUT2D eigenvalue weighted by Gasteiger charge is -2.15. The summed E-state index contributed by atoms with van der Waals surface area (Å²) in [6, 6.07) is 11.3. The molecular formula is C32H36N6O2. The van der Waals surface area contributed by atoms with Crippen LogP contribution in [-0.4, -0.2) is 43.0 Å². The molecule has 8 bridgehead atoms. The highest BCUT2D eigenvalue weighted by atomic mass is 16.2. The summed E-state index contributed by atoms with van der Waals surface area (Å²) in [5.41, 5.74) is 17.4. The van der Waals surface area contributed by atoms with Crippen LogP contribution >= 0.6 is 0 Å². The predicted octanol–water partition coefficient (Wildman–Crippen LogP) is 5.63. The van der Waals surface area contributed by atoms with E-state index in [1.165, 1.54) is 4.57 Å². The molecule has 3 aromatic heterocycles. The van der Waals surface area contributed by atoms with Gasteiger partial charge in [-0.1, -0.05) is 27.7 Å². The number of hydrogen-bond donors (Lipinski definition) is 2. The van der Waals surface area contributed by atoms with Crippen molar-refractivity contribution in [1.29, 1.82) is 0 Å². The molecule has 0 radical (unpaired) electrons. The fourth-order valence-corrected chi connectivity index (χ4v) is 5.08. The Morgan fingerprint density at radius 2 is 1.02 bits per heavy atom. The van der Waals surface area contributed by atoms with Crippen molar-refractivity contribution in [2.75, 3.05) is 0 Å². The minimum atomic E-state index is -0.722. The van der Waals surface area contributed by atoms with Gasteiger partial charge in [-0.15, -0.1) is 0 Å². The average molecular weight is 538 g/mol. The second kappa shape index (κ2) is 11.2. The molecule has 0 aromatic carbocycles. The number of fused-ring (bicyclic) bond motifs is 8. The topological polar surface area (TPSA) is 122 Å². The highest BCUT2D eigenvalue weighted by Gasteiger charge is 2.21. The van der Waals surface area contributed by atoms with Crippen molar-refractivity contribution in [1.82, 2.24) is 19.1 Å². The van der Waals surface area contributed by atoms with E-state index in [1.54, 1.807) is 22.8 Å². The van der Waals surface area contributed by atoms with Gasteiger partial charge in [0.1, 0.15) is 0 Å². The van der Waals surface area contributed by atoms with E-state index in [0.29, 0.717) is 57.7 Å². The van der Waals surface area contributed by atoms with E-state index in [9.17, 15) is 9.59 Å². The van der Waals surface area contributed by atoms with Gasteiger partial charge in [-0.2, -0.15) is 0 Å². The summed E-state index contributed by atoms with van der Waals surface area (Å²) in [4.78, 5) is 36.6. The minimum Gasteiger partial charge on any atom is -0.320 e. The molecule has 2 aliphatic rings. The van der Waals surface area contributed by atoms with Gasteiger partial charge < -0.3 is 11.5 Å². The number of carbonyl (C=O) groups excluding carboxylic acids is 2. The number of hydrogen-bond acceptors (Lipinski definition) is 6. The van der Waals surface area contributed by atoms with Gasteiger partial charge in [0, 0.05) is 0 Å². The van der Waals surface area contributed by atoms with Crippen LogP contribution in [0.4, 0.5) is 0 Å². The van der Waals surface area contributed by atoms with Gasteiger partial charge in [-0.05, 0) is 97.5 Å². The zero-order valence-corrected chi connectivity index (χ0v) is 23.3. The Labute approximate surface area is 235 Å². The lowest BCUT2D eigenvalue weighted by atomic mass is 10.0. The lowest BCUT2D eigenvalue weighted by Crippen LogP contribution is -2.35. The van der Waals surface area contributed by atoms with Gasteiger partial charge in [0.25, 0.3) is 0 Å². The van der Waals surface area contributed by atoms with E-state index in [-0.39, 0.29) is 29.7 Å². The van der Waals surface area contributed by atoms with Crippen molar-refractivity contribution in [2.24, 2.45) is 23.3 Å². The summed E-state index contributed by atoms with van der Waals surface area (Å²) in [5, 5.41) is 0. The first-order chi connectivity index (χ1) is 19.5. The monoisotopic (exact) mass is 537 g/mol. The fraction of sp³-hybridized carbons (Fsp3) is 0.312. The first-order valence-corrected chi connectivity index (χ1v) is 13.7. The molecule has 5 rings (SSSR count). The minimum absolute atomic E-state index is 0.181. The van der Waals surface area contributed by atoms with E-state index in [1.807, 2.05) is 76.3 Å². The summed E-state index contributed by atoms with van der Waals surface area (Å²) >= 11 is 0. The Bertz CT molecular complexity index is 1740. The second-order valence-electron chi connectivity index (χ2n) is 11.3. The van der Waals surface area contributed by atoms with Crippen molar-refractivity contribution >= 4 is 58.2 Å². The molecule has 0 unspecified atom stereocenters. The highest BCUT2D eigenvalue weighted by molar-refractivity contribution is 5.95. The van der Waals surface area contributed by atoms with E-state index >= 15 is 0 Å². The van der Waals surface area contributed by atoms with E-state index in [2.05, 4.69) is 0 Å². The van der Waals surface area contributed by atoms with Crippen LogP contribution in [0.15, 0.2) is 48.5 Å². The first-order valence-electron chi connectivity index (χ1n) is 14.2. The second-order valence-corrected chi connectivity index (χ2v) is 11.3. The van der Waals surface area contributed by atoms with Crippen molar-refractivity contribution < 1.29 is 11.0 Å². The molecule has 0 fully saturated rings. The third-order valence-electron chi connectivity index (χ3n) is 6.87. The number of rotatable bonds is 6. The first kappa shape index (κ1) is 26.1. The molecule has 2 aliphatic heterocycles. The molecule has 0 saturated heterocycles. The standard InChI is InChI=1S/C32H36N6O2/c1-19(2)13-29(33)31(39)37-25-9-10-26(37)16-22-6-8-24(36-22)18-28-12-11-27(17-23-7-5-21(15-25)35-23)38(28)32(40)30(34)14-20(3)4/h5-12,15-20,29-30H,13-14,33-34H2,1-4H3/t29-,30-/m0/s1/i9D. The van der Waals surface area contributed by atoms with E-state index < -0.39 is 12.1 Å². The molecule has 4 N–H and O–H groups in total. The zero-order chi connectivity index (χ0) is 29.4. The Hall–Kier alpha value is -4.14. The third kappa shape index (κ3) is 5.73. The van der Waals surface area contributed by atoms with Crippen molar-refractivity contribution in [3.05, 3.63) is 71.3 Å². The van der Waals surface area contributed by atoms with Crippen molar-refractivity contribution in [2.45, 2.75) is 52.6 Å². The van der Waals surface area contributed by atoms with Crippen LogP contribution in [-0.2, 0) is 0 Å². The maximum Gasteiger partial charge on any atom is 0.248 e. The fourth-order valence-electron chi connectivity index (χ4n) is 5.08. The molecular weight excluding hydrogens is 500 g/mol. The third-order valence-corrected chi connectivity index (χ3v) is 6.87. The Morgan fingerprint density at radius 3 is 1.43 bits per heavy atom. The Morgan fingerprint density at radius 1 is 0.675 bits per heavy atom. The maximum absolute atomic E-state index is 13.6. The molecule has 8 heteroatoms. The Kier molecular flexibility index (Phi) is 7.28. The normalized spacial score (nSPS) is 14.6. The molecule has 0 aliphatic carbocycles. The van der Waals surface area contributed by atoms with Gasteiger partial charge in [0.05, 0.1) is 58.3 Å².